The first kappa shape index (κ1) is 21.0. The number of guanidine groups is 1. The average molecular weight is 446 g/mol. The number of anilines is 1. The van der Waals surface area contributed by atoms with E-state index in [9.17, 15) is 0 Å². The SMILES string of the molecule is CCNC(=NCc1ccccc1N1CCOCC1)NC(C)CC.I. The zero-order valence-electron chi connectivity index (χ0n) is 15.0. The predicted molar refractivity (Wildman–Crippen MR) is 113 cm³/mol. The Bertz CT molecular complexity index is 504. The van der Waals surface area contributed by atoms with E-state index < -0.39 is 0 Å². The molecule has 6 heteroatoms. The van der Waals surface area contributed by atoms with Gasteiger partial charge in [-0.1, -0.05) is 25.1 Å². The number of hydrogen-bond donors (Lipinski definition) is 2. The highest BCUT2D eigenvalue weighted by Crippen LogP contribution is 2.22. The lowest BCUT2D eigenvalue weighted by Gasteiger charge is -2.30. The van der Waals surface area contributed by atoms with Gasteiger partial charge in [-0.15, -0.1) is 24.0 Å². The number of halogens is 1. The molecule has 2 rings (SSSR count). The van der Waals surface area contributed by atoms with Crippen LogP contribution in [0.1, 0.15) is 32.8 Å². The van der Waals surface area contributed by atoms with Crippen molar-refractivity contribution in [2.75, 3.05) is 37.7 Å². The van der Waals surface area contributed by atoms with E-state index in [0.717, 1.165) is 45.2 Å². The zero-order valence-corrected chi connectivity index (χ0v) is 17.4. The van der Waals surface area contributed by atoms with E-state index in [1.165, 1.54) is 11.3 Å². The Kier molecular flexibility index (Phi) is 10.1. The van der Waals surface area contributed by atoms with Crippen LogP contribution in [0.5, 0.6) is 0 Å². The number of benzene rings is 1. The molecule has 1 aromatic carbocycles. The van der Waals surface area contributed by atoms with Crippen molar-refractivity contribution in [2.45, 2.75) is 39.8 Å². The predicted octanol–water partition coefficient (Wildman–Crippen LogP) is 2.99. The fourth-order valence-electron chi connectivity index (χ4n) is 2.58. The molecule has 0 aromatic heterocycles. The minimum atomic E-state index is 0. The lowest BCUT2D eigenvalue weighted by Crippen LogP contribution is -2.42. The second-order valence-corrected chi connectivity index (χ2v) is 5.88. The molecule has 5 nitrogen and oxygen atoms in total. The molecule has 1 unspecified atom stereocenters. The molecule has 1 aliphatic rings. The molecule has 1 saturated heterocycles. The Morgan fingerprint density at radius 1 is 1.25 bits per heavy atom. The normalized spacial score (nSPS) is 16.3. The van der Waals surface area contributed by atoms with Crippen LogP contribution < -0.4 is 15.5 Å². The largest absolute Gasteiger partial charge is 0.378 e. The Morgan fingerprint density at radius 2 is 1.96 bits per heavy atom. The van der Waals surface area contributed by atoms with Crippen LogP contribution in [0, 0.1) is 0 Å². The maximum atomic E-state index is 5.46. The summed E-state index contributed by atoms with van der Waals surface area (Å²) in [4.78, 5) is 7.16. The summed E-state index contributed by atoms with van der Waals surface area (Å²) in [6.45, 7) is 11.5. The Balaban J connectivity index is 0.00000288. The van der Waals surface area contributed by atoms with Crippen LogP contribution in [-0.4, -0.2) is 44.8 Å². The third kappa shape index (κ3) is 6.47. The van der Waals surface area contributed by atoms with Crippen LogP contribution >= 0.6 is 24.0 Å². The van der Waals surface area contributed by atoms with Crippen molar-refractivity contribution in [2.24, 2.45) is 4.99 Å². The number of nitrogens with zero attached hydrogens (tertiary/aromatic N) is 2. The maximum Gasteiger partial charge on any atom is 0.191 e. The van der Waals surface area contributed by atoms with Crippen LogP contribution in [0.2, 0.25) is 0 Å². The number of hydrogen-bond acceptors (Lipinski definition) is 3. The molecule has 1 aromatic rings. The number of nitrogens with one attached hydrogen (secondary N) is 2. The van der Waals surface area contributed by atoms with Gasteiger partial charge < -0.3 is 20.3 Å². The lowest BCUT2D eigenvalue weighted by molar-refractivity contribution is 0.122. The third-order valence-corrected chi connectivity index (χ3v) is 4.09. The molecule has 0 spiro atoms. The highest BCUT2D eigenvalue weighted by atomic mass is 127. The first-order valence-electron chi connectivity index (χ1n) is 8.70. The highest BCUT2D eigenvalue weighted by Gasteiger charge is 2.14. The monoisotopic (exact) mass is 446 g/mol. The number of ether oxygens (including phenoxy) is 1. The molecule has 1 fully saturated rings. The van der Waals surface area contributed by atoms with E-state index in [0.29, 0.717) is 12.6 Å². The molecule has 2 N–H and O–H groups in total. The molecule has 1 aliphatic heterocycles. The van der Waals surface area contributed by atoms with Gasteiger partial charge in [0.05, 0.1) is 19.8 Å². The van der Waals surface area contributed by atoms with Crippen LogP contribution in [0.3, 0.4) is 0 Å². The van der Waals surface area contributed by atoms with Crippen molar-refractivity contribution < 1.29 is 4.74 Å². The molecule has 1 heterocycles. The van der Waals surface area contributed by atoms with Crippen LogP contribution in [-0.2, 0) is 11.3 Å². The molecular weight excluding hydrogens is 415 g/mol. The summed E-state index contributed by atoms with van der Waals surface area (Å²) in [5.41, 5.74) is 2.54. The van der Waals surface area contributed by atoms with E-state index in [-0.39, 0.29) is 24.0 Å². The summed E-state index contributed by atoms with van der Waals surface area (Å²) in [6.07, 6.45) is 1.08. The van der Waals surface area contributed by atoms with Crippen molar-refractivity contribution in [3.63, 3.8) is 0 Å². The van der Waals surface area contributed by atoms with Gasteiger partial charge in [-0.2, -0.15) is 0 Å². The molecule has 24 heavy (non-hydrogen) atoms. The molecule has 0 aliphatic carbocycles. The van der Waals surface area contributed by atoms with E-state index in [2.05, 4.69) is 60.6 Å². The Labute approximate surface area is 163 Å². The van der Waals surface area contributed by atoms with Crippen LogP contribution in [0.25, 0.3) is 0 Å². The second-order valence-electron chi connectivity index (χ2n) is 5.88. The second kappa shape index (κ2) is 11.5. The number of aliphatic imine (C=N–C) groups is 1. The minimum absolute atomic E-state index is 0. The summed E-state index contributed by atoms with van der Waals surface area (Å²) >= 11 is 0. The highest BCUT2D eigenvalue weighted by molar-refractivity contribution is 14.0. The van der Waals surface area contributed by atoms with Crippen molar-refractivity contribution in [1.82, 2.24) is 10.6 Å². The van der Waals surface area contributed by atoms with Gasteiger partial charge in [0.15, 0.2) is 5.96 Å². The summed E-state index contributed by atoms with van der Waals surface area (Å²) in [5, 5.41) is 6.76. The number of morpholine rings is 1. The zero-order chi connectivity index (χ0) is 16.5. The minimum Gasteiger partial charge on any atom is -0.378 e. The van der Waals surface area contributed by atoms with Gasteiger partial charge in [0.25, 0.3) is 0 Å². The smallest absolute Gasteiger partial charge is 0.191 e. The van der Waals surface area contributed by atoms with Gasteiger partial charge in [-0.05, 0) is 31.9 Å². The topological polar surface area (TPSA) is 48.9 Å². The maximum absolute atomic E-state index is 5.46. The fourth-order valence-corrected chi connectivity index (χ4v) is 2.58. The lowest BCUT2D eigenvalue weighted by atomic mass is 10.1. The van der Waals surface area contributed by atoms with Gasteiger partial charge in [0, 0.05) is 31.4 Å². The number of rotatable bonds is 6. The van der Waals surface area contributed by atoms with Gasteiger partial charge >= 0.3 is 0 Å². The fraction of sp³-hybridized carbons (Fsp3) is 0.611. The first-order valence-corrected chi connectivity index (χ1v) is 8.70. The molecule has 136 valence electrons. The van der Waals surface area contributed by atoms with E-state index in [1.54, 1.807) is 0 Å². The van der Waals surface area contributed by atoms with Gasteiger partial charge in [-0.3, -0.25) is 0 Å². The van der Waals surface area contributed by atoms with E-state index >= 15 is 0 Å². The number of para-hydroxylation sites is 1. The molecule has 0 radical (unpaired) electrons. The quantitative estimate of drug-likeness (QED) is 0.401. The van der Waals surface area contributed by atoms with Crippen molar-refractivity contribution >= 4 is 35.6 Å². The standard InChI is InChI=1S/C18H30N4O.HI/c1-4-15(3)21-18(19-5-2)20-14-16-8-6-7-9-17(16)22-10-12-23-13-11-22;/h6-9,15H,4-5,10-14H2,1-3H3,(H2,19,20,21);1H. The van der Waals surface area contributed by atoms with Crippen molar-refractivity contribution in [3.8, 4) is 0 Å². The van der Waals surface area contributed by atoms with Gasteiger partial charge in [0.1, 0.15) is 0 Å². The van der Waals surface area contributed by atoms with E-state index in [1.807, 2.05) is 0 Å². The first-order chi connectivity index (χ1) is 11.2. The average Bonchev–Trinajstić information content (AvgIpc) is 2.60. The van der Waals surface area contributed by atoms with Crippen molar-refractivity contribution in [3.05, 3.63) is 29.8 Å². The molecule has 0 saturated carbocycles. The molecule has 0 bridgehead atoms. The summed E-state index contributed by atoms with van der Waals surface area (Å²) in [5.74, 6) is 0.888. The van der Waals surface area contributed by atoms with Crippen LogP contribution in [0.4, 0.5) is 5.69 Å². The van der Waals surface area contributed by atoms with Crippen molar-refractivity contribution in [1.29, 1.82) is 0 Å². The summed E-state index contributed by atoms with van der Waals surface area (Å²) < 4.78 is 5.46. The Morgan fingerprint density at radius 3 is 2.62 bits per heavy atom. The molecular formula is C18H31IN4O. The summed E-state index contributed by atoms with van der Waals surface area (Å²) in [7, 11) is 0. The van der Waals surface area contributed by atoms with Gasteiger partial charge in [0.2, 0.25) is 0 Å². The third-order valence-electron chi connectivity index (χ3n) is 4.09. The van der Waals surface area contributed by atoms with E-state index in [4.69, 9.17) is 9.73 Å². The molecule has 0 amide bonds. The summed E-state index contributed by atoms with van der Waals surface area (Å²) in [6, 6.07) is 8.96. The van der Waals surface area contributed by atoms with Crippen LogP contribution in [0.15, 0.2) is 29.3 Å². The van der Waals surface area contributed by atoms with Gasteiger partial charge in [-0.25, -0.2) is 4.99 Å². The molecule has 1 atom stereocenters. The Hall–Kier alpha value is -1.02.